The maximum atomic E-state index is 12.2. The lowest BCUT2D eigenvalue weighted by atomic mass is 10.2. The van der Waals surface area contributed by atoms with Crippen molar-refractivity contribution < 1.29 is 9.53 Å². The van der Waals surface area contributed by atoms with Crippen LogP contribution in [-0.2, 0) is 16.1 Å². The average molecular weight is 333 g/mol. The molecule has 1 N–H and O–H groups in total. The minimum Gasteiger partial charge on any atom is -0.378 e. The zero-order valence-corrected chi connectivity index (χ0v) is 12.6. The molecule has 0 saturated carbocycles. The van der Waals surface area contributed by atoms with Crippen LogP contribution in [-0.4, -0.2) is 37.2 Å². The molecule has 106 valence electrons. The van der Waals surface area contributed by atoms with Crippen molar-refractivity contribution in [2.24, 2.45) is 8.73 Å². The number of amides is 2. The molecule has 2 heterocycles. The Kier molecular flexibility index (Phi) is 3.93. The van der Waals surface area contributed by atoms with Gasteiger partial charge in [-0.15, -0.1) is 0 Å². The van der Waals surface area contributed by atoms with Crippen molar-refractivity contribution in [1.29, 1.82) is 0 Å². The summed E-state index contributed by atoms with van der Waals surface area (Å²) in [5.74, 6) is 0. The second kappa shape index (κ2) is 5.69. The molecule has 1 aromatic carbocycles. The zero-order valence-electron chi connectivity index (χ0n) is 10.2. The van der Waals surface area contributed by atoms with Gasteiger partial charge < -0.3 is 15.0 Å². The average Bonchev–Trinajstić information content (AvgIpc) is 2.94. The fourth-order valence-corrected chi connectivity index (χ4v) is 3.10. The Balaban J connectivity index is 1.86. The van der Waals surface area contributed by atoms with Gasteiger partial charge in [0.1, 0.15) is 11.4 Å². The fraction of sp³-hybridized carbons (Fsp3) is 0.364. The highest BCUT2D eigenvalue weighted by atomic mass is 35.5. The molecule has 1 fully saturated rings. The molecule has 0 unspecified atom stereocenters. The predicted octanol–water partition coefficient (Wildman–Crippen LogP) is 3.58. The number of anilines is 1. The molecule has 2 aliphatic heterocycles. The molecule has 0 atom stereocenters. The molecule has 0 aliphatic carbocycles. The maximum Gasteiger partial charge on any atom is 0.322 e. The molecule has 2 aliphatic rings. The molecule has 1 aromatic rings. The highest BCUT2D eigenvalue weighted by molar-refractivity contribution is 7.58. The first-order chi connectivity index (χ1) is 9.66. The highest BCUT2D eigenvalue weighted by Gasteiger charge is 2.23. The van der Waals surface area contributed by atoms with Gasteiger partial charge in [0.05, 0.1) is 40.3 Å². The van der Waals surface area contributed by atoms with E-state index in [0.717, 1.165) is 11.4 Å². The van der Waals surface area contributed by atoms with Gasteiger partial charge in [-0.2, -0.15) is 8.73 Å². The van der Waals surface area contributed by atoms with Crippen LogP contribution in [0.4, 0.5) is 21.9 Å². The number of ether oxygens (including phenoxy) is 1. The molecule has 20 heavy (non-hydrogen) atoms. The van der Waals surface area contributed by atoms with Crippen LogP contribution < -0.4 is 5.32 Å². The molecular formula is C11H10Cl2N4O2S. The number of rotatable bonds is 1. The first-order valence-corrected chi connectivity index (χ1v) is 7.39. The molecule has 1 saturated heterocycles. The number of urea groups is 1. The number of benzene rings is 1. The van der Waals surface area contributed by atoms with Crippen LogP contribution in [0.5, 0.6) is 0 Å². The number of carbonyl (C=O) groups is 1. The lowest BCUT2D eigenvalue weighted by Crippen LogP contribution is -2.43. The van der Waals surface area contributed by atoms with Gasteiger partial charge in [-0.25, -0.2) is 4.79 Å². The standard InChI is InChI=1S/C11H10Cl2N4O2S/c12-6-5-7(13)9-10(16-20-15-9)8(6)14-11(18)17-1-3-19-4-2-17/h5H,1-4H2,(H,14,18). The predicted molar refractivity (Wildman–Crippen MR) is 79.4 cm³/mol. The smallest absolute Gasteiger partial charge is 0.322 e. The number of nitrogens with one attached hydrogen (secondary N) is 1. The second-order valence-corrected chi connectivity index (χ2v) is 5.55. The Morgan fingerprint density at radius 3 is 2.70 bits per heavy atom. The van der Waals surface area contributed by atoms with E-state index in [-0.39, 0.29) is 6.03 Å². The van der Waals surface area contributed by atoms with Crippen LogP contribution in [0.25, 0.3) is 0 Å². The van der Waals surface area contributed by atoms with Crippen molar-refractivity contribution in [3.63, 3.8) is 0 Å². The molecule has 0 spiro atoms. The summed E-state index contributed by atoms with van der Waals surface area (Å²) in [6.07, 6.45) is 0. The number of carbonyl (C=O) groups excluding carboxylic acids is 1. The van der Waals surface area contributed by atoms with Gasteiger partial charge in [0.2, 0.25) is 0 Å². The van der Waals surface area contributed by atoms with Crippen LogP contribution >= 0.6 is 23.2 Å². The van der Waals surface area contributed by atoms with Gasteiger partial charge in [-0.1, -0.05) is 23.2 Å². The number of hydrogen-bond donors (Lipinski definition) is 1. The quantitative estimate of drug-likeness (QED) is 0.867. The van der Waals surface area contributed by atoms with Gasteiger partial charge in [-0.05, 0) is 6.07 Å². The van der Waals surface area contributed by atoms with Crippen molar-refractivity contribution in [2.75, 3.05) is 31.6 Å². The number of halogens is 2. The topological polar surface area (TPSA) is 66.3 Å². The lowest BCUT2D eigenvalue weighted by Gasteiger charge is -2.27. The number of nitrogens with zero attached hydrogens (tertiary/aromatic N) is 3. The van der Waals surface area contributed by atoms with Crippen LogP contribution in [0, 0.1) is 0 Å². The molecule has 0 bridgehead atoms. The Labute approximate surface area is 128 Å². The third kappa shape index (κ3) is 2.54. The monoisotopic (exact) mass is 332 g/mol. The van der Waals surface area contributed by atoms with Crippen LogP contribution in [0.15, 0.2) is 14.8 Å². The van der Waals surface area contributed by atoms with Crippen molar-refractivity contribution in [3.8, 4) is 0 Å². The first-order valence-electron chi connectivity index (χ1n) is 5.91. The summed E-state index contributed by atoms with van der Waals surface area (Å²) < 4.78 is 13.4. The van der Waals surface area contributed by atoms with E-state index in [4.69, 9.17) is 27.9 Å². The van der Waals surface area contributed by atoms with E-state index >= 15 is 0 Å². The van der Waals surface area contributed by atoms with E-state index in [1.807, 2.05) is 0 Å². The van der Waals surface area contributed by atoms with Crippen molar-refractivity contribution in [3.05, 3.63) is 16.1 Å². The Morgan fingerprint density at radius 2 is 1.95 bits per heavy atom. The van der Waals surface area contributed by atoms with Gasteiger partial charge in [-0.3, -0.25) is 0 Å². The molecule has 6 nitrogen and oxygen atoms in total. The number of morpholine rings is 1. The van der Waals surface area contributed by atoms with Crippen molar-refractivity contribution in [1.82, 2.24) is 4.90 Å². The largest absolute Gasteiger partial charge is 0.378 e. The summed E-state index contributed by atoms with van der Waals surface area (Å²) in [7, 11) is 0. The maximum absolute atomic E-state index is 12.2. The molecule has 3 rings (SSSR count). The third-order valence-electron chi connectivity index (χ3n) is 2.97. The molecule has 0 radical (unpaired) electrons. The fourth-order valence-electron chi connectivity index (χ4n) is 1.95. The Hall–Kier alpha value is -1.15. The molecule has 9 heteroatoms. The summed E-state index contributed by atoms with van der Waals surface area (Å²) >= 11 is 13.2. The SMILES string of the molecule is O=C(Nc1c(Cl)cc(Cl)c2c1N=S=N2)N1CCOCC1. The number of fused-ring (bicyclic) bond motifs is 1. The van der Waals surface area contributed by atoms with E-state index in [1.165, 1.54) is 0 Å². The third-order valence-corrected chi connectivity index (χ3v) is 4.09. The number of hydrogen-bond acceptors (Lipinski definition) is 4. The van der Waals surface area contributed by atoms with Gasteiger partial charge in [0, 0.05) is 13.1 Å². The minimum absolute atomic E-state index is 0.230. The normalized spacial score (nSPS) is 16.8. The summed E-state index contributed by atoms with van der Waals surface area (Å²) in [6.45, 7) is 2.18. The van der Waals surface area contributed by atoms with E-state index in [0.29, 0.717) is 53.4 Å². The lowest BCUT2D eigenvalue weighted by molar-refractivity contribution is 0.0564. The van der Waals surface area contributed by atoms with Gasteiger partial charge in [0.15, 0.2) is 0 Å². The van der Waals surface area contributed by atoms with E-state index < -0.39 is 0 Å². The summed E-state index contributed by atoms with van der Waals surface area (Å²) in [6, 6.07) is 1.33. The first kappa shape index (κ1) is 13.8. The highest BCUT2D eigenvalue weighted by Crippen LogP contribution is 2.47. The molecular weight excluding hydrogens is 323 g/mol. The van der Waals surface area contributed by atoms with Gasteiger partial charge in [0.25, 0.3) is 0 Å². The Morgan fingerprint density at radius 1 is 1.25 bits per heavy atom. The van der Waals surface area contributed by atoms with Gasteiger partial charge >= 0.3 is 6.03 Å². The van der Waals surface area contributed by atoms with Crippen molar-refractivity contribution in [2.45, 2.75) is 0 Å². The summed E-state index contributed by atoms with van der Waals surface area (Å²) in [5, 5.41) is 3.55. The minimum atomic E-state index is -0.230. The van der Waals surface area contributed by atoms with E-state index in [9.17, 15) is 4.79 Å². The van der Waals surface area contributed by atoms with Crippen molar-refractivity contribution >= 4 is 57.6 Å². The molecule has 0 aromatic heterocycles. The van der Waals surface area contributed by atoms with E-state index in [2.05, 4.69) is 14.0 Å². The second-order valence-electron chi connectivity index (χ2n) is 4.21. The van der Waals surface area contributed by atoms with Crippen LogP contribution in [0.1, 0.15) is 0 Å². The zero-order chi connectivity index (χ0) is 14.1. The summed E-state index contributed by atoms with van der Waals surface area (Å²) in [5.41, 5.74) is 1.49. The van der Waals surface area contributed by atoms with Crippen LogP contribution in [0.3, 0.4) is 0 Å². The van der Waals surface area contributed by atoms with E-state index in [1.54, 1.807) is 11.0 Å². The van der Waals surface area contributed by atoms with Crippen LogP contribution in [0.2, 0.25) is 10.0 Å². The Bertz CT molecular complexity index is 640. The summed E-state index contributed by atoms with van der Waals surface area (Å²) in [4.78, 5) is 13.9. The molecule has 2 amide bonds.